The molecule has 0 spiro atoms. The van der Waals surface area contributed by atoms with Crippen LogP contribution in [0.25, 0.3) is 0 Å². The SMILES string of the molecule is O=C(c1ccccc1Br)N1C(=O)C2CCCCN2C(=O)c2ccccc21. The first-order valence-corrected chi connectivity index (χ1v) is 9.41. The summed E-state index contributed by atoms with van der Waals surface area (Å²) in [6.45, 7) is 0.542. The van der Waals surface area contributed by atoms with Crippen LogP contribution in [0, 0.1) is 0 Å². The van der Waals surface area contributed by atoms with Crippen molar-refractivity contribution in [2.24, 2.45) is 0 Å². The average Bonchev–Trinajstić information content (AvgIpc) is 2.76. The second-order valence-electron chi connectivity index (χ2n) is 6.49. The van der Waals surface area contributed by atoms with Crippen molar-refractivity contribution in [3.8, 4) is 0 Å². The summed E-state index contributed by atoms with van der Waals surface area (Å²) in [7, 11) is 0. The van der Waals surface area contributed by atoms with E-state index in [9.17, 15) is 14.4 Å². The lowest BCUT2D eigenvalue weighted by Crippen LogP contribution is -2.52. The molecule has 1 unspecified atom stereocenters. The van der Waals surface area contributed by atoms with Crippen molar-refractivity contribution in [1.29, 1.82) is 0 Å². The van der Waals surface area contributed by atoms with Gasteiger partial charge in [0.1, 0.15) is 6.04 Å². The molecule has 0 saturated carbocycles. The second-order valence-corrected chi connectivity index (χ2v) is 7.34. The van der Waals surface area contributed by atoms with E-state index in [0.29, 0.717) is 34.3 Å². The van der Waals surface area contributed by atoms with Crippen LogP contribution in [-0.2, 0) is 4.79 Å². The van der Waals surface area contributed by atoms with E-state index < -0.39 is 11.9 Å². The zero-order valence-electron chi connectivity index (χ0n) is 14.0. The molecule has 4 rings (SSSR count). The van der Waals surface area contributed by atoms with Crippen molar-refractivity contribution >= 4 is 39.3 Å². The molecule has 1 atom stereocenters. The molecule has 2 aliphatic rings. The third kappa shape index (κ3) is 2.65. The van der Waals surface area contributed by atoms with Gasteiger partial charge in [0.15, 0.2) is 0 Å². The standard InChI is InChI=1S/C20H17BrN2O3/c21-15-9-3-1-7-13(15)19(25)23-16-10-4-2-8-14(16)18(24)22-12-6-5-11-17(22)20(23)26/h1-4,7-10,17H,5-6,11-12H2. The Hall–Kier alpha value is -2.47. The lowest BCUT2D eigenvalue weighted by atomic mass is 10.0. The molecule has 0 bridgehead atoms. The minimum Gasteiger partial charge on any atom is -0.327 e. The molecule has 26 heavy (non-hydrogen) atoms. The number of piperidine rings is 1. The summed E-state index contributed by atoms with van der Waals surface area (Å²) in [5, 5.41) is 0. The lowest BCUT2D eigenvalue weighted by molar-refractivity contribution is -0.123. The fourth-order valence-corrected chi connectivity index (χ4v) is 4.12. The fraction of sp³-hybridized carbons (Fsp3) is 0.250. The van der Waals surface area contributed by atoms with Gasteiger partial charge in [0.2, 0.25) is 0 Å². The van der Waals surface area contributed by atoms with Crippen molar-refractivity contribution < 1.29 is 14.4 Å². The number of rotatable bonds is 1. The first-order valence-electron chi connectivity index (χ1n) is 8.62. The van der Waals surface area contributed by atoms with Crippen molar-refractivity contribution in [3.05, 3.63) is 64.1 Å². The molecular weight excluding hydrogens is 396 g/mol. The monoisotopic (exact) mass is 412 g/mol. The summed E-state index contributed by atoms with van der Waals surface area (Å²) in [6, 6.07) is 13.3. The third-order valence-corrected chi connectivity index (χ3v) is 5.64. The number of halogens is 1. The summed E-state index contributed by atoms with van der Waals surface area (Å²) in [6.07, 6.45) is 2.32. The number of carbonyl (C=O) groups excluding carboxylic acids is 3. The van der Waals surface area contributed by atoms with Gasteiger partial charge in [-0.25, -0.2) is 4.90 Å². The van der Waals surface area contributed by atoms with E-state index in [1.165, 1.54) is 4.90 Å². The van der Waals surface area contributed by atoms with Gasteiger partial charge in [-0.1, -0.05) is 24.3 Å². The van der Waals surface area contributed by atoms with E-state index in [-0.39, 0.29) is 11.8 Å². The Labute approximate surface area is 159 Å². The Morgan fingerprint density at radius 1 is 1.00 bits per heavy atom. The van der Waals surface area contributed by atoms with Gasteiger partial charge in [-0.05, 0) is 59.5 Å². The number of imide groups is 1. The van der Waals surface area contributed by atoms with Gasteiger partial charge in [-0.15, -0.1) is 0 Å². The quantitative estimate of drug-likeness (QED) is 0.671. The molecule has 0 aromatic heterocycles. The summed E-state index contributed by atoms with van der Waals surface area (Å²) < 4.78 is 0.617. The zero-order valence-corrected chi connectivity index (χ0v) is 15.6. The topological polar surface area (TPSA) is 57.7 Å². The Bertz CT molecular complexity index is 911. The molecule has 5 nitrogen and oxygen atoms in total. The molecule has 2 aliphatic heterocycles. The Morgan fingerprint density at radius 3 is 2.54 bits per heavy atom. The van der Waals surface area contributed by atoms with Crippen LogP contribution in [0.15, 0.2) is 53.0 Å². The number of nitrogens with zero attached hydrogens (tertiary/aromatic N) is 2. The number of hydrogen-bond donors (Lipinski definition) is 0. The van der Waals surface area contributed by atoms with Gasteiger partial charge in [0.25, 0.3) is 17.7 Å². The molecule has 6 heteroatoms. The number of hydrogen-bond acceptors (Lipinski definition) is 3. The number of benzene rings is 2. The number of carbonyl (C=O) groups is 3. The van der Waals surface area contributed by atoms with E-state index in [4.69, 9.17) is 0 Å². The van der Waals surface area contributed by atoms with Crippen molar-refractivity contribution in [2.75, 3.05) is 11.4 Å². The van der Waals surface area contributed by atoms with Crippen LogP contribution in [0.1, 0.15) is 40.0 Å². The molecule has 2 aromatic carbocycles. The van der Waals surface area contributed by atoms with Crippen LogP contribution in [0.5, 0.6) is 0 Å². The predicted octanol–water partition coefficient (Wildman–Crippen LogP) is 3.63. The van der Waals surface area contributed by atoms with Gasteiger partial charge in [0.05, 0.1) is 16.8 Å². The maximum absolute atomic E-state index is 13.3. The van der Waals surface area contributed by atoms with Gasteiger partial charge in [-0.3, -0.25) is 14.4 Å². The first kappa shape index (κ1) is 17.0. The van der Waals surface area contributed by atoms with E-state index in [0.717, 1.165) is 12.8 Å². The van der Waals surface area contributed by atoms with E-state index in [2.05, 4.69) is 15.9 Å². The van der Waals surface area contributed by atoms with Crippen LogP contribution in [0.4, 0.5) is 5.69 Å². The summed E-state index contributed by atoms with van der Waals surface area (Å²) in [4.78, 5) is 42.4. The Balaban J connectivity index is 1.88. The molecule has 2 heterocycles. The molecule has 3 amide bonds. The molecule has 2 aromatic rings. The smallest absolute Gasteiger partial charge is 0.266 e. The maximum Gasteiger partial charge on any atom is 0.266 e. The average molecular weight is 413 g/mol. The normalized spacial score (nSPS) is 19.7. The fourth-order valence-electron chi connectivity index (χ4n) is 3.67. The third-order valence-electron chi connectivity index (χ3n) is 4.95. The summed E-state index contributed by atoms with van der Waals surface area (Å²) in [5.74, 6) is -0.931. The predicted molar refractivity (Wildman–Crippen MR) is 101 cm³/mol. The van der Waals surface area contributed by atoms with Crippen LogP contribution >= 0.6 is 15.9 Å². The molecule has 1 fully saturated rings. The molecule has 1 saturated heterocycles. The maximum atomic E-state index is 13.3. The van der Waals surface area contributed by atoms with Crippen molar-refractivity contribution in [1.82, 2.24) is 4.90 Å². The molecule has 132 valence electrons. The highest BCUT2D eigenvalue weighted by atomic mass is 79.9. The second kappa shape index (κ2) is 6.68. The molecule has 0 aliphatic carbocycles. The zero-order chi connectivity index (χ0) is 18.3. The minimum absolute atomic E-state index is 0.180. The van der Waals surface area contributed by atoms with Crippen LogP contribution in [-0.4, -0.2) is 35.2 Å². The van der Waals surface area contributed by atoms with E-state index >= 15 is 0 Å². The highest BCUT2D eigenvalue weighted by Gasteiger charge is 2.43. The highest BCUT2D eigenvalue weighted by molar-refractivity contribution is 9.10. The first-order chi connectivity index (χ1) is 12.6. The van der Waals surface area contributed by atoms with Gasteiger partial charge < -0.3 is 4.90 Å². The van der Waals surface area contributed by atoms with E-state index in [1.807, 2.05) is 6.07 Å². The summed E-state index contributed by atoms with van der Waals surface area (Å²) >= 11 is 3.39. The van der Waals surface area contributed by atoms with E-state index in [1.54, 1.807) is 47.4 Å². The largest absolute Gasteiger partial charge is 0.327 e. The van der Waals surface area contributed by atoms with Gasteiger partial charge in [0, 0.05) is 11.0 Å². The Kier molecular flexibility index (Phi) is 4.36. The van der Waals surface area contributed by atoms with Crippen LogP contribution < -0.4 is 4.90 Å². The van der Waals surface area contributed by atoms with Gasteiger partial charge in [-0.2, -0.15) is 0 Å². The van der Waals surface area contributed by atoms with Gasteiger partial charge >= 0.3 is 0 Å². The van der Waals surface area contributed by atoms with Crippen LogP contribution in [0.2, 0.25) is 0 Å². The molecular formula is C20H17BrN2O3. The number of fused-ring (bicyclic) bond motifs is 2. The highest BCUT2D eigenvalue weighted by Crippen LogP contribution is 2.33. The van der Waals surface area contributed by atoms with Crippen LogP contribution in [0.3, 0.4) is 0 Å². The van der Waals surface area contributed by atoms with Crippen molar-refractivity contribution in [3.63, 3.8) is 0 Å². The number of amides is 3. The minimum atomic E-state index is -0.588. The summed E-state index contributed by atoms with van der Waals surface area (Å²) in [5.41, 5.74) is 1.15. The Morgan fingerprint density at radius 2 is 1.73 bits per heavy atom. The lowest BCUT2D eigenvalue weighted by Gasteiger charge is -2.34. The number of para-hydroxylation sites is 1. The number of anilines is 1. The molecule has 0 N–H and O–H groups in total. The van der Waals surface area contributed by atoms with Crippen molar-refractivity contribution in [2.45, 2.75) is 25.3 Å². The molecule has 0 radical (unpaired) electrons.